The molecule has 3 rings (SSSR count). The van der Waals surface area contributed by atoms with Gasteiger partial charge >= 0.3 is 0 Å². The Bertz CT molecular complexity index is 656. The molecule has 0 spiro atoms. The normalized spacial score (nSPS) is 7.75. The van der Waals surface area contributed by atoms with Crippen LogP contribution in [0, 0.1) is 11.1 Å². The second-order valence-corrected chi connectivity index (χ2v) is 7.85. The summed E-state index contributed by atoms with van der Waals surface area (Å²) in [7, 11) is 7.97. The molecule has 3 aromatic heterocycles. The highest BCUT2D eigenvalue weighted by molar-refractivity contribution is 14.1. The van der Waals surface area contributed by atoms with Crippen LogP contribution in [0.25, 0.3) is 0 Å². The number of rotatable bonds is 0. The molecule has 0 N–H and O–H groups in total. The molecule has 0 aliphatic rings. The Hall–Kier alpha value is 1.28. The average Bonchev–Trinajstić information content (AvgIpc) is 3.18. The van der Waals surface area contributed by atoms with Gasteiger partial charge in [-0.25, -0.2) is 19.1 Å². The number of imidazole rings is 3. The monoisotopic (exact) mass is 956 g/mol. The molecule has 0 radical (unpaired) electrons. The van der Waals surface area contributed by atoms with Gasteiger partial charge in [0.05, 0.1) is 36.6 Å². The highest BCUT2D eigenvalue weighted by Gasteiger charge is 2.00. The third kappa shape index (κ3) is 18.1. The molecule has 11 heteroatoms. The fourth-order valence-electron chi connectivity index (χ4n) is 1.34. The van der Waals surface area contributed by atoms with Crippen LogP contribution in [0.3, 0.4) is 0 Å². The molecular formula is C17H33I5N6. The maximum Gasteiger partial charge on any atom is 0.244 e. The van der Waals surface area contributed by atoms with Crippen molar-refractivity contribution >= 4 is 90.4 Å². The Morgan fingerprint density at radius 1 is 0.893 bits per heavy atom. The minimum absolute atomic E-state index is 0. The molecule has 0 saturated heterocycles. The van der Waals surface area contributed by atoms with Gasteiger partial charge in [0, 0.05) is 42.9 Å². The molecule has 0 aromatic carbocycles. The Balaban J connectivity index is -0.0000000847. The van der Waals surface area contributed by atoms with Crippen molar-refractivity contribution in [2.45, 2.75) is 22.3 Å². The van der Waals surface area contributed by atoms with Crippen molar-refractivity contribution in [2.24, 2.45) is 28.2 Å². The van der Waals surface area contributed by atoms with Crippen molar-refractivity contribution in [1.82, 2.24) is 23.7 Å². The third-order valence-electron chi connectivity index (χ3n) is 2.43. The lowest BCUT2D eigenvalue weighted by atomic mass is 10.9. The molecule has 0 amide bonds. The molecule has 6 nitrogen and oxygen atoms in total. The summed E-state index contributed by atoms with van der Waals surface area (Å²) >= 11 is 8.83. The summed E-state index contributed by atoms with van der Waals surface area (Å²) in [5.74, 6) is 0. The Kier molecular flexibility index (Phi) is 32.6. The lowest BCUT2D eigenvalue weighted by Crippen LogP contribution is -3.00. The van der Waals surface area contributed by atoms with Crippen LogP contribution < -0.4 is 28.5 Å². The maximum atomic E-state index is 3.97. The largest absolute Gasteiger partial charge is 1.00 e. The molecule has 3 heterocycles. The lowest BCUT2D eigenvalue weighted by Gasteiger charge is -1.85. The third-order valence-corrected chi connectivity index (χ3v) is 5.07. The zero-order chi connectivity index (χ0) is 18.7. The summed E-state index contributed by atoms with van der Waals surface area (Å²) in [5.41, 5.74) is 0. The second-order valence-electron chi connectivity index (χ2n) is 4.53. The van der Waals surface area contributed by atoms with Crippen molar-refractivity contribution in [3.8, 4) is 0 Å². The van der Waals surface area contributed by atoms with E-state index in [0.717, 1.165) is 7.40 Å². The van der Waals surface area contributed by atoms with Crippen LogP contribution in [-0.4, -0.2) is 28.6 Å². The van der Waals surface area contributed by atoms with E-state index in [1.54, 1.807) is 12.7 Å². The molecular weight excluding hydrogens is 923 g/mol. The molecule has 0 atom stereocenters. The SMILES string of the molecule is C.C.C.CI.Cn1c[n+](C)cc1I.Cn1cnc(I)c1.Cn1cncc1I.[I-]. The summed E-state index contributed by atoms with van der Waals surface area (Å²) in [4.78, 5) is 9.81. The zero-order valence-corrected chi connectivity index (χ0v) is 25.3. The van der Waals surface area contributed by atoms with Gasteiger partial charge < -0.3 is 33.1 Å². The average molecular weight is 956 g/mol. The van der Waals surface area contributed by atoms with Crippen LogP contribution in [0.1, 0.15) is 22.3 Å². The first-order chi connectivity index (χ1) is 11.3. The second kappa shape index (κ2) is 23.0. The van der Waals surface area contributed by atoms with E-state index in [2.05, 4.69) is 111 Å². The molecule has 0 unspecified atom stereocenters. The van der Waals surface area contributed by atoms with E-state index in [4.69, 9.17) is 0 Å². The fraction of sp³-hybridized carbons (Fsp3) is 0.471. The molecule has 0 saturated carbocycles. The van der Waals surface area contributed by atoms with E-state index in [-0.39, 0.29) is 46.3 Å². The van der Waals surface area contributed by atoms with Crippen molar-refractivity contribution in [3.05, 3.63) is 48.7 Å². The summed E-state index contributed by atoms with van der Waals surface area (Å²) in [5, 5.41) is 0. The van der Waals surface area contributed by atoms with Gasteiger partial charge in [-0.3, -0.25) is 0 Å². The van der Waals surface area contributed by atoms with Crippen LogP contribution >= 0.6 is 90.4 Å². The predicted octanol–water partition coefficient (Wildman–Crippen LogP) is 2.47. The highest BCUT2D eigenvalue weighted by atomic mass is 127. The molecule has 0 fully saturated rings. The van der Waals surface area contributed by atoms with E-state index in [1.165, 1.54) is 3.70 Å². The summed E-state index contributed by atoms with van der Waals surface area (Å²) < 4.78 is 11.4. The molecule has 0 aliphatic heterocycles. The topological polar surface area (TPSA) is 44.5 Å². The fourth-order valence-corrected chi connectivity index (χ4v) is 2.76. The summed E-state index contributed by atoms with van der Waals surface area (Å²) in [6, 6.07) is 0. The highest BCUT2D eigenvalue weighted by Crippen LogP contribution is 1.98. The smallest absolute Gasteiger partial charge is 0.244 e. The van der Waals surface area contributed by atoms with E-state index in [1.807, 2.05) is 65.5 Å². The van der Waals surface area contributed by atoms with Gasteiger partial charge in [-0.05, 0) is 50.1 Å². The first kappa shape index (κ1) is 39.7. The van der Waals surface area contributed by atoms with Gasteiger partial charge in [0.2, 0.25) is 10.0 Å². The molecule has 166 valence electrons. The standard InChI is InChI=1S/C5H8IN2.2C4H5IN2.CH3I.3CH4.HI/c1-7-3-5(6)8(2)4-7;1-7-2-4(5)6-3-7;1-7-3-6-2-4(7)5;1-2;;;;/h3-4H,1-2H3;2*2-3H,1H3;1H3;3*1H4;1H/q+1;;;;;;;/p-1. The van der Waals surface area contributed by atoms with Gasteiger partial charge in [0.1, 0.15) is 9.90 Å². The number of alkyl halides is 1. The van der Waals surface area contributed by atoms with Gasteiger partial charge in [0.15, 0.2) is 0 Å². The van der Waals surface area contributed by atoms with Crippen molar-refractivity contribution in [2.75, 3.05) is 4.93 Å². The number of aryl methyl sites for hydroxylation is 4. The van der Waals surface area contributed by atoms with E-state index in [9.17, 15) is 0 Å². The number of aromatic nitrogens is 6. The van der Waals surface area contributed by atoms with Crippen molar-refractivity contribution < 1.29 is 28.5 Å². The molecule has 0 aliphatic carbocycles. The Labute approximate surface area is 243 Å². The molecule has 3 aromatic rings. The van der Waals surface area contributed by atoms with Crippen LogP contribution in [-0.2, 0) is 28.2 Å². The van der Waals surface area contributed by atoms with Crippen molar-refractivity contribution in [3.63, 3.8) is 0 Å². The minimum Gasteiger partial charge on any atom is -1.00 e. The Morgan fingerprint density at radius 2 is 1.43 bits per heavy atom. The quantitative estimate of drug-likeness (QED) is 0.198. The van der Waals surface area contributed by atoms with Gasteiger partial charge in [-0.15, -0.1) is 0 Å². The van der Waals surface area contributed by atoms with Crippen LogP contribution in [0.2, 0.25) is 0 Å². The van der Waals surface area contributed by atoms with Gasteiger partial charge in [0.25, 0.3) is 0 Å². The molecule has 28 heavy (non-hydrogen) atoms. The Morgan fingerprint density at radius 3 is 1.54 bits per heavy atom. The summed E-state index contributed by atoms with van der Waals surface area (Å²) in [6.07, 6.45) is 11.4. The van der Waals surface area contributed by atoms with Gasteiger partial charge in [-0.2, -0.15) is 0 Å². The van der Waals surface area contributed by atoms with E-state index < -0.39 is 0 Å². The van der Waals surface area contributed by atoms with Crippen molar-refractivity contribution in [1.29, 1.82) is 0 Å². The zero-order valence-electron chi connectivity index (χ0n) is 14.5. The van der Waals surface area contributed by atoms with E-state index in [0.29, 0.717) is 0 Å². The number of hydrogen-bond acceptors (Lipinski definition) is 2. The minimum atomic E-state index is 0. The number of hydrogen-bond donors (Lipinski definition) is 0. The maximum absolute atomic E-state index is 3.97. The number of nitrogens with zero attached hydrogens (tertiary/aromatic N) is 6. The first-order valence-electron chi connectivity index (χ1n) is 6.59. The van der Waals surface area contributed by atoms with Crippen LogP contribution in [0.5, 0.6) is 0 Å². The molecule has 0 bridgehead atoms. The van der Waals surface area contributed by atoms with Crippen LogP contribution in [0.15, 0.2) is 37.6 Å². The first-order valence-corrected chi connectivity index (χ1v) is 12.0. The number of halogens is 5. The van der Waals surface area contributed by atoms with Gasteiger partial charge in [-0.1, -0.05) is 44.9 Å². The lowest BCUT2D eigenvalue weighted by molar-refractivity contribution is -0.671. The summed E-state index contributed by atoms with van der Waals surface area (Å²) in [6.45, 7) is 0. The van der Waals surface area contributed by atoms with E-state index >= 15 is 0 Å². The van der Waals surface area contributed by atoms with Crippen LogP contribution in [0.4, 0.5) is 0 Å². The predicted molar refractivity (Wildman–Crippen MR) is 151 cm³/mol.